The molecule has 0 spiro atoms. The highest BCUT2D eigenvalue weighted by atomic mass is 79.9. The fraction of sp³-hybridized carbons (Fsp3) is 0.429. The molecule has 1 rings (SSSR count). The van der Waals surface area contributed by atoms with Crippen molar-refractivity contribution in [2.75, 3.05) is 7.11 Å². The minimum absolute atomic E-state index is 0.260. The van der Waals surface area contributed by atoms with E-state index in [1.54, 1.807) is 18.4 Å². The van der Waals surface area contributed by atoms with Crippen LogP contribution < -0.4 is 5.48 Å². The van der Waals surface area contributed by atoms with Gasteiger partial charge >= 0.3 is 0 Å². The standard InChI is InChI=1S/C7H10BrNOS/c1-5(9-10-2)7-3-6(8)4-11-7/h3-5,9H,1-2H3. The van der Waals surface area contributed by atoms with E-state index in [0.29, 0.717) is 0 Å². The molecule has 1 aromatic rings. The van der Waals surface area contributed by atoms with Gasteiger partial charge in [0.1, 0.15) is 0 Å². The topological polar surface area (TPSA) is 21.3 Å². The highest BCUT2D eigenvalue weighted by Crippen LogP contribution is 2.24. The van der Waals surface area contributed by atoms with E-state index in [2.05, 4.69) is 39.8 Å². The minimum Gasteiger partial charge on any atom is -0.305 e. The molecule has 1 N–H and O–H groups in total. The molecule has 62 valence electrons. The predicted molar refractivity (Wildman–Crippen MR) is 50.6 cm³/mol. The Morgan fingerprint density at radius 3 is 2.91 bits per heavy atom. The Balaban J connectivity index is 2.60. The smallest absolute Gasteiger partial charge is 0.0636 e. The summed E-state index contributed by atoms with van der Waals surface area (Å²) in [6, 6.07) is 2.35. The van der Waals surface area contributed by atoms with Crippen molar-refractivity contribution in [1.29, 1.82) is 0 Å². The maximum atomic E-state index is 4.81. The lowest BCUT2D eigenvalue weighted by molar-refractivity contribution is 0.0668. The van der Waals surface area contributed by atoms with Gasteiger partial charge in [-0.1, -0.05) is 0 Å². The second kappa shape index (κ2) is 4.21. The van der Waals surface area contributed by atoms with Gasteiger partial charge in [0, 0.05) is 14.7 Å². The highest BCUT2D eigenvalue weighted by molar-refractivity contribution is 9.10. The van der Waals surface area contributed by atoms with E-state index in [1.165, 1.54) is 4.88 Å². The number of hydrogen-bond donors (Lipinski definition) is 1. The Morgan fingerprint density at radius 2 is 2.45 bits per heavy atom. The fourth-order valence-electron chi connectivity index (χ4n) is 0.790. The Labute approximate surface area is 78.7 Å². The molecule has 1 aromatic heterocycles. The van der Waals surface area contributed by atoms with Gasteiger partial charge in [0.05, 0.1) is 13.2 Å². The molecular weight excluding hydrogens is 226 g/mol. The summed E-state index contributed by atoms with van der Waals surface area (Å²) < 4.78 is 1.13. The van der Waals surface area contributed by atoms with Crippen molar-refractivity contribution < 1.29 is 4.84 Å². The summed E-state index contributed by atoms with van der Waals surface area (Å²) in [4.78, 5) is 6.07. The first-order valence-corrected chi connectivity index (χ1v) is 4.93. The van der Waals surface area contributed by atoms with Crippen LogP contribution in [0, 0.1) is 0 Å². The van der Waals surface area contributed by atoms with Crippen LogP contribution in [-0.2, 0) is 4.84 Å². The lowest BCUT2D eigenvalue weighted by Crippen LogP contribution is -2.15. The van der Waals surface area contributed by atoms with E-state index < -0.39 is 0 Å². The largest absolute Gasteiger partial charge is 0.305 e. The quantitative estimate of drug-likeness (QED) is 0.814. The van der Waals surface area contributed by atoms with Gasteiger partial charge in [-0.2, -0.15) is 5.48 Å². The predicted octanol–water partition coefficient (Wildman–Crippen LogP) is 2.72. The summed E-state index contributed by atoms with van der Waals surface area (Å²) in [6.07, 6.45) is 0. The molecule has 2 nitrogen and oxygen atoms in total. The number of thiophene rings is 1. The third-order valence-electron chi connectivity index (χ3n) is 1.31. The fourth-order valence-corrected chi connectivity index (χ4v) is 2.23. The van der Waals surface area contributed by atoms with Crippen LogP contribution in [0.4, 0.5) is 0 Å². The second-order valence-corrected chi connectivity index (χ2v) is 4.07. The molecule has 1 atom stereocenters. The van der Waals surface area contributed by atoms with E-state index in [0.717, 1.165) is 4.47 Å². The molecular formula is C7H10BrNOS. The van der Waals surface area contributed by atoms with Crippen molar-refractivity contribution in [3.8, 4) is 0 Å². The molecule has 0 bridgehead atoms. The first kappa shape index (κ1) is 9.19. The number of halogens is 1. The van der Waals surface area contributed by atoms with Crippen LogP contribution in [0.25, 0.3) is 0 Å². The Kier molecular flexibility index (Phi) is 3.51. The van der Waals surface area contributed by atoms with E-state index in [1.807, 2.05) is 0 Å². The molecule has 1 heterocycles. The summed E-state index contributed by atoms with van der Waals surface area (Å²) in [5.74, 6) is 0. The summed E-state index contributed by atoms with van der Waals surface area (Å²) in [5.41, 5.74) is 2.86. The first-order chi connectivity index (χ1) is 5.24. The Morgan fingerprint density at radius 1 is 1.73 bits per heavy atom. The monoisotopic (exact) mass is 235 g/mol. The molecule has 0 amide bonds. The number of rotatable bonds is 3. The van der Waals surface area contributed by atoms with Gasteiger partial charge in [-0.25, -0.2) is 0 Å². The zero-order valence-electron chi connectivity index (χ0n) is 6.43. The van der Waals surface area contributed by atoms with Gasteiger partial charge in [-0.15, -0.1) is 11.3 Å². The summed E-state index contributed by atoms with van der Waals surface area (Å²) in [6.45, 7) is 2.06. The zero-order valence-corrected chi connectivity index (χ0v) is 8.83. The van der Waals surface area contributed by atoms with Crippen LogP contribution in [0.1, 0.15) is 17.8 Å². The molecule has 0 aromatic carbocycles. The van der Waals surface area contributed by atoms with Crippen LogP contribution in [0.15, 0.2) is 15.9 Å². The van der Waals surface area contributed by atoms with Crippen LogP contribution >= 0.6 is 27.3 Å². The van der Waals surface area contributed by atoms with Crippen molar-refractivity contribution in [2.45, 2.75) is 13.0 Å². The second-order valence-electron chi connectivity index (χ2n) is 2.21. The average molecular weight is 236 g/mol. The molecule has 0 aliphatic rings. The summed E-state index contributed by atoms with van der Waals surface area (Å²) in [7, 11) is 1.62. The van der Waals surface area contributed by atoms with Crippen molar-refractivity contribution in [1.82, 2.24) is 5.48 Å². The van der Waals surface area contributed by atoms with Gasteiger partial charge in [-0.3, -0.25) is 0 Å². The van der Waals surface area contributed by atoms with Crippen LogP contribution in [0.5, 0.6) is 0 Å². The molecule has 0 saturated heterocycles. The summed E-state index contributed by atoms with van der Waals surface area (Å²) >= 11 is 5.10. The van der Waals surface area contributed by atoms with Crippen molar-refractivity contribution in [3.05, 3.63) is 20.8 Å². The van der Waals surface area contributed by atoms with E-state index in [9.17, 15) is 0 Å². The average Bonchev–Trinajstić information content (AvgIpc) is 2.36. The molecule has 0 aliphatic carbocycles. The van der Waals surface area contributed by atoms with Crippen LogP contribution in [0.2, 0.25) is 0 Å². The van der Waals surface area contributed by atoms with Crippen molar-refractivity contribution in [2.24, 2.45) is 0 Å². The van der Waals surface area contributed by atoms with Crippen molar-refractivity contribution in [3.63, 3.8) is 0 Å². The number of hydrogen-bond acceptors (Lipinski definition) is 3. The molecule has 1 unspecified atom stereocenters. The van der Waals surface area contributed by atoms with E-state index >= 15 is 0 Å². The third-order valence-corrected chi connectivity index (χ3v) is 3.19. The minimum atomic E-state index is 0.260. The van der Waals surface area contributed by atoms with Gasteiger partial charge in [0.2, 0.25) is 0 Å². The molecule has 4 heteroatoms. The lowest BCUT2D eigenvalue weighted by atomic mass is 10.3. The molecule has 11 heavy (non-hydrogen) atoms. The van der Waals surface area contributed by atoms with E-state index in [4.69, 9.17) is 4.84 Å². The Bertz CT molecular complexity index is 226. The third kappa shape index (κ3) is 2.56. The highest BCUT2D eigenvalue weighted by Gasteiger charge is 2.05. The van der Waals surface area contributed by atoms with Gasteiger partial charge in [-0.05, 0) is 28.9 Å². The van der Waals surface area contributed by atoms with E-state index in [-0.39, 0.29) is 6.04 Å². The zero-order chi connectivity index (χ0) is 8.27. The van der Waals surface area contributed by atoms with Crippen LogP contribution in [-0.4, -0.2) is 7.11 Å². The Hall–Kier alpha value is 0.1000. The molecule has 0 fully saturated rings. The van der Waals surface area contributed by atoms with Gasteiger partial charge in [0.25, 0.3) is 0 Å². The van der Waals surface area contributed by atoms with Crippen molar-refractivity contribution >= 4 is 27.3 Å². The molecule has 0 saturated carbocycles. The number of hydroxylamine groups is 1. The summed E-state index contributed by atoms with van der Waals surface area (Å²) in [5, 5.41) is 2.06. The maximum Gasteiger partial charge on any atom is 0.0636 e. The lowest BCUT2D eigenvalue weighted by Gasteiger charge is -2.08. The molecule has 0 radical (unpaired) electrons. The van der Waals surface area contributed by atoms with Gasteiger partial charge < -0.3 is 4.84 Å². The van der Waals surface area contributed by atoms with Crippen LogP contribution in [0.3, 0.4) is 0 Å². The van der Waals surface area contributed by atoms with Gasteiger partial charge in [0.15, 0.2) is 0 Å². The molecule has 0 aliphatic heterocycles. The first-order valence-electron chi connectivity index (χ1n) is 3.26. The maximum absolute atomic E-state index is 4.81. The normalized spacial score (nSPS) is 13.4. The SMILES string of the molecule is CONC(C)c1cc(Br)cs1. The number of nitrogens with one attached hydrogen (secondary N) is 1.